The standard InChI is InChI=1S/C39H32N4O/c1-39(2,3)29-15-9-14-28(24-29)30-17-10-20-35-36(30)43-38(44-35)32-16-7-8-19-33(32)42-37-31(18-11-22-41-37)34-25-27(21-23-40-34)26-12-5-4-6-13-26/h4-25H,1-3H3,(H,41,42). The summed E-state index contributed by atoms with van der Waals surface area (Å²) >= 11 is 0. The fourth-order valence-electron chi connectivity index (χ4n) is 5.46. The van der Waals surface area contributed by atoms with Gasteiger partial charge in [-0.1, -0.05) is 99.6 Å². The van der Waals surface area contributed by atoms with Crippen molar-refractivity contribution in [3.05, 3.63) is 139 Å². The smallest absolute Gasteiger partial charge is 0.229 e. The number of benzene rings is 4. The van der Waals surface area contributed by atoms with Crippen molar-refractivity contribution in [3.8, 4) is 45.0 Å². The van der Waals surface area contributed by atoms with Crippen molar-refractivity contribution in [2.75, 3.05) is 5.32 Å². The summed E-state index contributed by atoms with van der Waals surface area (Å²) in [7, 11) is 0. The molecular weight excluding hydrogens is 540 g/mol. The number of hydrogen-bond acceptors (Lipinski definition) is 5. The zero-order valence-corrected chi connectivity index (χ0v) is 25.0. The van der Waals surface area contributed by atoms with Crippen LogP contribution in [0.2, 0.25) is 0 Å². The highest BCUT2D eigenvalue weighted by atomic mass is 16.3. The molecule has 0 atom stereocenters. The summed E-state index contributed by atoms with van der Waals surface area (Å²) in [6.07, 6.45) is 3.63. The number of anilines is 2. The van der Waals surface area contributed by atoms with Gasteiger partial charge in [-0.05, 0) is 70.1 Å². The lowest BCUT2D eigenvalue weighted by Crippen LogP contribution is -2.10. The molecule has 0 amide bonds. The molecule has 0 fully saturated rings. The van der Waals surface area contributed by atoms with Gasteiger partial charge in [0.25, 0.3) is 0 Å². The molecule has 0 radical (unpaired) electrons. The van der Waals surface area contributed by atoms with Crippen molar-refractivity contribution in [1.82, 2.24) is 15.0 Å². The van der Waals surface area contributed by atoms with Gasteiger partial charge in [-0.25, -0.2) is 9.97 Å². The van der Waals surface area contributed by atoms with Crippen LogP contribution in [0.1, 0.15) is 26.3 Å². The fraction of sp³-hybridized carbons (Fsp3) is 0.103. The van der Waals surface area contributed by atoms with Crippen molar-refractivity contribution < 1.29 is 4.42 Å². The molecule has 0 unspecified atom stereocenters. The van der Waals surface area contributed by atoms with E-state index >= 15 is 0 Å². The molecule has 0 spiro atoms. The molecule has 44 heavy (non-hydrogen) atoms. The Hall–Kier alpha value is -5.55. The Kier molecular flexibility index (Phi) is 6.99. The minimum Gasteiger partial charge on any atom is -0.436 e. The van der Waals surface area contributed by atoms with Crippen LogP contribution in [0.25, 0.3) is 56.1 Å². The van der Waals surface area contributed by atoms with Crippen LogP contribution in [0.3, 0.4) is 0 Å². The van der Waals surface area contributed by atoms with Crippen LogP contribution >= 0.6 is 0 Å². The first-order valence-electron chi connectivity index (χ1n) is 14.8. The third-order valence-electron chi connectivity index (χ3n) is 7.82. The molecule has 5 heteroatoms. The predicted molar refractivity (Wildman–Crippen MR) is 180 cm³/mol. The number of para-hydroxylation sites is 2. The maximum Gasteiger partial charge on any atom is 0.229 e. The number of fused-ring (bicyclic) bond motifs is 1. The topological polar surface area (TPSA) is 63.8 Å². The van der Waals surface area contributed by atoms with E-state index in [1.54, 1.807) is 6.20 Å². The minimum atomic E-state index is 0.0478. The predicted octanol–water partition coefficient (Wildman–Crippen LogP) is 10.3. The zero-order valence-electron chi connectivity index (χ0n) is 25.0. The van der Waals surface area contributed by atoms with Gasteiger partial charge in [-0.3, -0.25) is 4.98 Å². The summed E-state index contributed by atoms with van der Waals surface area (Å²) in [5.74, 6) is 1.25. The van der Waals surface area contributed by atoms with Gasteiger partial charge < -0.3 is 9.73 Å². The molecule has 3 aromatic heterocycles. The van der Waals surface area contributed by atoms with Gasteiger partial charge >= 0.3 is 0 Å². The summed E-state index contributed by atoms with van der Waals surface area (Å²) in [5, 5.41) is 3.56. The molecule has 0 saturated carbocycles. The fourth-order valence-corrected chi connectivity index (χ4v) is 5.46. The van der Waals surface area contributed by atoms with E-state index in [0.29, 0.717) is 11.7 Å². The Bertz CT molecular complexity index is 2090. The number of nitrogens with zero attached hydrogens (tertiary/aromatic N) is 3. The largest absolute Gasteiger partial charge is 0.436 e. The molecule has 4 aromatic carbocycles. The van der Waals surface area contributed by atoms with Gasteiger partial charge in [-0.15, -0.1) is 0 Å². The lowest BCUT2D eigenvalue weighted by atomic mass is 9.85. The normalized spacial score (nSPS) is 11.5. The van der Waals surface area contributed by atoms with E-state index in [0.717, 1.165) is 55.9 Å². The molecule has 7 rings (SSSR count). The monoisotopic (exact) mass is 572 g/mol. The number of oxazole rings is 1. The Labute approximate surface area is 257 Å². The molecule has 1 N–H and O–H groups in total. The van der Waals surface area contributed by atoms with Crippen LogP contribution in [-0.2, 0) is 5.41 Å². The number of nitrogens with one attached hydrogen (secondary N) is 1. The third kappa shape index (κ3) is 5.36. The van der Waals surface area contributed by atoms with Crippen LogP contribution in [0, 0.1) is 0 Å². The van der Waals surface area contributed by atoms with Crippen LogP contribution < -0.4 is 5.32 Å². The van der Waals surface area contributed by atoms with E-state index in [4.69, 9.17) is 19.4 Å². The molecule has 0 saturated heterocycles. The highest BCUT2D eigenvalue weighted by Crippen LogP contribution is 2.37. The number of hydrogen-bond donors (Lipinski definition) is 1. The summed E-state index contributed by atoms with van der Waals surface area (Å²) in [6.45, 7) is 6.69. The van der Waals surface area contributed by atoms with Gasteiger partial charge in [0.15, 0.2) is 5.58 Å². The molecule has 7 aromatic rings. The Morgan fingerprint density at radius 2 is 1.34 bits per heavy atom. The number of aromatic nitrogens is 3. The van der Waals surface area contributed by atoms with Crippen LogP contribution in [-0.4, -0.2) is 15.0 Å². The molecular formula is C39H32N4O. The molecule has 214 valence electrons. The van der Waals surface area contributed by atoms with E-state index in [9.17, 15) is 0 Å². The number of rotatable bonds is 6. The third-order valence-corrected chi connectivity index (χ3v) is 7.82. The van der Waals surface area contributed by atoms with Crippen LogP contribution in [0.5, 0.6) is 0 Å². The molecule has 0 aliphatic heterocycles. The van der Waals surface area contributed by atoms with Crippen LogP contribution in [0.4, 0.5) is 11.5 Å². The lowest BCUT2D eigenvalue weighted by molar-refractivity contribution is 0.590. The van der Waals surface area contributed by atoms with Crippen molar-refractivity contribution in [1.29, 1.82) is 0 Å². The van der Waals surface area contributed by atoms with Gasteiger partial charge in [-0.2, -0.15) is 0 Å². The SMILES string of the molecule is CC(C)(C)c1cccc(-c2cccc3oc(-c4ccccc4Nc4ncccc4-c4cc(-c5ccccc5)ccn4)nc23)c1. The minimum absolute atomic E-state index is 0.0478. The Morgan fingerprint density at radius 3 is 2.20 bits per heavy atom. The van der Waals surface area contributed by atoms with E-state index in [2.05, 4.69) is 74.6 Å². The summed E-state index contributed by atoms with van der Waals surface area (Å²) in [5.41, 5.74) is 10.7. The lowest BCUT2D eigenvalue weighted by Gasteiger charge is -2.19. The highest BCUT2D eigenvalue weighted by molar-refractivity contribution is 5.93. The Morgan fingerprint density at radius 1 is 0.591 bits per heavy atom. The van der Waals surface area contributed by atoms with Gasteiger partial charge in [0.2, 0.25) is 5.89 Å². The second-order valence-corrected chi connectivity index (χ2v) is 11.9. The maximum absolute atomic E-state index is 6.39. The maximum atomic E-state index is 6.39. The van der Waals surface area contributed by atoms with E-state index in [1.807, 2.05) is 79.0 Å². The molecule has 0 aliphatic carbocycles. The van der Waals surface area contributed by atoms with Gasteiger partial charge in [0.05, 0.1) is 16.9 Å². The van der Waals surface area contributed by atoms with Crippen molar-refractivity contribution >= 4 is 22.6 Å². The molecule has 5 nitrogen and oxygen atoms in total. The highest BCUT2D eigenvalue weighted by Gasteiger charge is 2.19. The average molecular weight is 573 g/mol. The first kappa shape index (κ1) is 27.3. The molecule has 3 heterocycles. The second kappa shape index (κ2) is 11.3. The van der Waals surface area contributed by atoms with Crippen molar-refractivity contribution in [2.45, 2.75) is 26.2 Å². The van der Waals surface area contributed by atoms with Gasteiger partial charge in [0.1, 0.15) is 11.3 Å². The second-order valence-electron chi connectivity index (χ2n) is 11.9. The summed E-state index contributed by atoms with van der Waals surface area (Å²) in [6, 6.07) is 41.2. The first-order chi connectivity index (χ1) is 21.4. The van der Waals surface area contributed by atoms with Gasteiger partial charge in [0, 0.05) is 23.5 Å². The zero-order chi connectivity index (χ0) is 30.1. The van der Waals surface area contributed by atoms with E-state index in [-0.39, 0.29) is 5.41 Å². The first-order valence-corrected chi connectivity index (χ1v) is 14.8. The van der Waals surface area contributed by atoms with Crippen LogP contribution in [0.15, 0.2) is 138 Å². The summed E-state index contributed by atoms with van der Waals surface area (Å²) < 4.78 is 6.39. The number of pyridine rings is 2. The molecule has 0 bridgehead atoms. The Balaban J connectivity index is 1.26. The van der Waals surface area contributed by atoms with E-state index in [1.165, 1.54) is 5.56 Å². The van der Waals surface area contributed by atoms with Crippen molar-refractivity contribution in [3.63, 3.8) is 0 Å². The average Bonchev–Trinajstić information content (AvgIpc) is 3.50. The summed E-state index contributed by atoms with van der Waals surface area (Å²) in [4.78, 5) is 14.4. The van der Waals surface area contributed by atoms with Crippen molar-refractivity contribution in [2.24, 2.45) is 0 Å². The quantitative estimate of drug-likeness (QED) is 0.215. The molecule has 0 aliphatic rings. The van der Waals surface area contributed by atoms with E-state index < -0.39 is 0 Å².